The number of hydrogen-bond acceptors (Lipinski definition) is 3. The molecule has 3 nitrogen and oxygen atoms in total. The first-order valence-electron chi connectivity index (χ1n) is 4.68. The van der Waals surface area contributed by atoms with Gasteiger partial charge < -0.3 is 5.11 Å². The molecule has 0 fully saturated rings. The molecule has 2 aromatic carbocycles. The Morgan fingerprint density at radius 2 is 1.47 bits per heavy atom. The number of phenolic OH excluding ortho intramolecular Hbond substituents is 1. The van der Waals surface area contributed by atoms with Gasteiger partial charge in [0.2, 0.25) is 0 Å². The van der Waals surface area contributed by atoms with Gasteiger partial charge in [0.15, 0.2) is 0 Å². The molecule has 0 amide bonds. The van der Waals surface area contributed by atoms with Crippen molar-refractivity contribution in [3.8, 4) is 5.75 Å². The van der Waals surface area contributed by atoms with Gasteiger partial charge >= 0.3 is 0 Å². The molecule has 1 N–H and O–H groups in total. The van der Waals surface area contributed by atoms with Crippen LogP contribution in [0.3, 0.4) is 0 Å². The van der Waals surface area contributed by atoms with Crippen LogP contribution in [-0.2, 0) is 0 Å². The van der Waals surface area contributed by atoms with Crippen LogP contribution in [0.1, 0.15) is 0 Å². The maximum Gasteiger partial charge on any atom is 0.125 e. The van der Waals surface area contributed by atoms with E-state index in [1.54, 1.807) is 6.07 Å². The minimum atomic E-state index is 0.237. The van der Waals surface area contributed by atoms with E-state index in [1.807, 2.05) is 36.4 Å². The SMILES string of the molecule is Oc1cc2ccc1c1ccc(cc1)nn2. The molecule has 0 aliphatic heterocycles. The van der Waals surface area contributed by atoms with E-state index in [1.165, 1.54) is 0 Å². The Morgan fingerprint density at radius 3 is 2.20 bits per heavy atom. The summed E-state index contributed by atoms with van der Waals surface area (Å²) < 4.78 is 0. The summed E-state index contributed by atoms with van der Waals surface area (Å²) in [5.74, 6) is 0.237. The number of aromatic hydroxyl groups is 1. The molecule has 15 heavy (non-hydrogen) atoms. The van der Waals surface area contributed by atoms with E-state index in [0.717, 1.165) is 16.3 Å². The van der Waals surface area contributed by atoms with E-state index in [4.69, 9.17) is 0 Å². The van der Waals surface area contributed by atoms with Gasteiger partial charge in [0.05, 0.1) is 11.0 Å². The van der Waals surface area contributed by atoms with Crippen molar-refractivity contribution in [1.82, 2.24) is 10.2 Å². The van der Waals surface area contributed by atoms with Gasteiger partial charge in [-0.3, -0.25) is 0 Å². The van der Waals surface area contributed by atoms with Crippen molar-refractivity contribution in [3.05, 3.63) is 42.5 Å². The molecule has 0 saturated carbocycles. The van der Waals surface area contributed by atoms with Crippen molar-refractivity contribution in [2.45, 2.75) is 0 Å². The molecule has 0 unspecified atom stereocenters. The van der Waals surface area contributed by atoms with Gasteiger partial charge in [0, 0.05) is 11.5 Å². The molecular formula is C12H8N2O. The molecule has 3 heteroatoms. The Kier molecular flexibility index (Phi) is 1.59. The van der Waals surface area contributed by atoms with Crippen LogP contribution in [0.15, 0.2) is 42.5 Å². The van der Waals surface area contributed by atoms with Crippen molar-refractivity contribution in [2.75, 3.05) is 0 Å². The Morgan fingerprint density at radius 1 is 0.800 bits per heavy atom. The van der Waals surface area contributed by atoms with E-state index in [0.29, 0.717) is 5.52 Å². The number of benzene rings is 2. The van der Waals surface area contributed by atoms with Gasteiger partial charge in [-0.15, -0.1) is 0 Å². The molecule has 4 heterocycles. The Bertz CT molecular complexity index is 629. The average molecular weight is 196 g/mol. The lowest BCUT2D eigenvalue weighted by Gasteiger charge is -1.99. The predicted molar refractivity (Wildman–Crippen MR) is 58.7 cm³/mol. The summed E-state index contributed by atoms with van der Waals surface area (Å²) in [5, 5.41) is 19.7. The normalized spacial score (nSPS) is 10.9. The number of rotatable bonds is 0. The third kappa shape index (κ3) is 1.29. The van der Waals surface area contributed by atoms with Gasteiger partial charge in [-0.05, 0) is 29.7 Å². The molecule has 6 rings (SSSR count). The van der Waals surface area contributed by atoms with Crippen molar-refractivity contribution >= 4 is 21.8 Å². The average Bonchev–Trinajstić information content (AvgIpc) is 2.29. The molecule has 4 bridgehead atoms. The summed E-state index contributed by atoms with van der Waals surface area (Å²) in [5.41, 5.74) is 1.49. The van der Waals surface area contributed by atoms with Crippen LogP contribution in [0.2, 0.25) is 0 Å². The van der Waals surface area contributed by atoms with E-state index < -0.39 is 0 Å². The molecule has 0 spiro atoms. The fourth-order valence-electron chi connectivity index (χ4n) is 1.65. The minimum absolute atomic E-state index is 0.237. The number of hydrogen-bond donors (Lipinski definition) is 1. The molecule has 4 aromatic heterocycles. The van der Waals surface area contributed by atoms with E-state index in [-0.39, 0.29) is 5.75 Å². The van der Waals surface area contributed by atoms with Crippen molar-refractivity contribution in [1.29, 1.82) is 0 Å². The second-order valence-electron chi connectivity index (χ2n) is 3.45. The zero-order chi connectivity index (χ0) is 10.3. The first kappa shape index (κ1) is 8.17. The van der Waals surface area contributed by atoms with Crippen molar-refractivity contribution in [3.63, 3.8) is 0 Å². The number of aromatic nitrogens is 2. The lowest BCUT2D eigenvalue weighted by Crippen LogP contribution is -1.81. The quantitative estimate of drug-likeness (QED) is 0.600. The molecule has 6 aromatic rings. The Labute approximate surface area is 86.0 Å². The summed E-state index contributed by atoms with van der Waals surface area (Å²) in [7, 11) is 0. The Balaban J connectivity index is 2.64. The topological polar surface area (TPSA) is 46.0 Å². The second kappa shape index (κ2) is 2.92. The summed E-state index contributed by atoms with van der Waals surface area (Å²) in [6, 6.07) is 12.9. The van der Waals surface area contributed by atoms with Crippen LogP contribution in [0.4, 0.5) is 0 Å². The van der Waals surface area contributed by atoms with Crippen LogP contribution < -0.4 is 0 Å². The fraction of sp³-hybridized carbons (Fsp3) is 0. The van der Waals surface area contributed by atoms with Crippen molar-refractivity contribution < 1.29 is 5.11 Å². The summed E-state index contributed by atoms with van der Waals surface area (Å²) in [6.07, 6.45) is 0. The number of phenols is 1. The lowest BCUT2D eigenvalue weighted by atomic mass is 10.1. The van der Waals surface area contributed by atoms with E-state index >= 15 is 0 Å². The largest absolute Gasteiger partial charge is 0.507 e. The minimum Gasteiger partial charge on any atom is -0.507 e. The maximum atomic E-state index is 9.79. The van der Waals surface area contributed by atoms with Crippen molar-refractivity contribution in [2.24, 2.45) is 0 Å². The molecule has 0 aliphatic rings. The van der Waals surface area contributed by atoms with E-state index in [9.17, 15) is 5.11 Å². The van der Waals surface area contributed by atoms with Crippen LogP contribution in [-0.4, -0.2) is 15.3 Å². The van der Waals surface area contributed by atoms with Crippen LogP contribution in [0, 0.1) is 0 Å². The highest BCUT2D eigenvalue weighted by atomic mass is 16.3. The molecule has 72 valence electrons. The molecule has 0 atom stereocenters. The maximum absolute atomic E-state index is 9.79. The summed E-state index contributed by atoms with van der Waals surface area (Å²) in [4.78, 5) is 0. The first-order valence-corrected chi connectivity index (χ1v) is 4.68. The van der Waals surface area contributed by atoms with Gasteiger partial charge in [-0.1, -0.05) is 12.1 Å². The first-order chi connectivity index (χ1) is 7.33. The fourth-order valence-corrected chi connectivity index (χ4v) is 1.65. The van der Waals surface area contributed by atoms with Gasteiger partial charge in [0.1, 0.15) is 5.75 Å². The molecule has 0 saturated heterocycles. The lowest BCUT2D eigenvalue weighted by molar-refractivity contribution is 0.482. The van der Waals surface area contributed by atoms with Gasteiger partial charge in [-0.25, -0.2) is 0 Å². The van der Waals surface area contributed by atoms with Gasteiger partial charge in [0.25, 0.3) is 0 Å². The highest BCUT2D eigenvalue weighted by molar-refractivity contribution is 5.89. The molecule has 0 aliphatic carbocycles. The van der Waals surface area contributed by atoms with E-state index in [2.05, 4.69) is 10.2 Å². The zero-order valence-corrected chi connectivity index (χ0v) is 7.88. The van der Waals surface area contributed by atoms with Crippen LogP contribution in [0.5, 0.6) is 5.75 Å². The highest BCUT2D eigenvalue weighted by Gasteiger charge is 1.98. The third-order valence-corrected chi connectivity index (χ3v) is 2.44. The standard InChI is InChI=1S/C12H8N2O/c15-12-7-10-5-6-11(12)8-1-3-9(4-2-8)13-14-10/h1-7,15H. The van der Waals surface area contributed by atoms with Crippen LogP contribution in [0.25, 0.3) is 21.8 Å². The monoisotopic (exact) mass is 196 g/mol. The van der Waals surface area contributed by atoms with Gasteiger partial charge in [-0.2, -0.15) is 10.2 Å². The predicted octanol–water partition coefficient (Wildman–Crippen LogP) is 2.49. The zero-order valence-electron chi connectivity index (χ0n) is 7.88. The second-order valence-corrected chi connectivity index (χ2v) is 3.45. The summed E-state index contributed by atoms with van der Waals surface area (Å²) in [6.45, 7) is 0. The smallest absolute Gasteiger partial charge is 0.125 e. The number of nitrogens with zero attached hydrogens (tertiary/aromatic N) is 2. The molecular weight excluding hydrogens is 188 g/mol. The summed E-state index contributed by atoms with van der Waals surface area (Å²) >= 11 is 0. The third-order valence-electron chi connectivity index (χ3n) is 2.44. The van der Waals surface area contributed by atoms with Crippen LogP contribution >= 0.6 is 0 Å². The highest BCUT2D eigenvalue weighted by Crippen LogP contribution is 2.24. The Hall–Kier alpha value is -2.16. The molecule has 0 radical (unpaired) electrons.